The number of alkyl halides is 6. The third-order valence-electron chi connectivity index (χ3n) is 5.11. The van der Waals surface area contributed by atoms with Gasteiger partial charge in [-0.1, -0.05) is 25.7 Å². The van der Waals surface area contributed by atoms with E-state index in [-0.39, 0.29) is 26.2 Å². The molecule has 2 aliphatic heterocycles. The van der Waals surface area contributed by atoms with Crippen LogP contribution in [0.15, 0.2) is 0 Å². The number of amides is 2. The van der Waals surface area contributed by atoms with Crippen molar-refractivity contribution in [1.29, 1.82) is 0 Å². The minimum atomic E-state index is -6.12. The van der Waals surface area contributed by atoms with Crippen LogP contribution in [0.25, 0.3) is 0 Å². The zero-order valence-corrected chi connectivity index (χ0v) is 15.0. The van der Waals surface area contributed by atoms with Gasteiger partial charge in [0.25, 0.3) is 11.8 Å². The first kappa shape index (κ1) is 21.8. The lowest BCUT2D eigenvalue weighted by atomic mass is 10.0. The van der Waals surface area contributed by atoms with E-state index in [1.54, 1.807) is 0 Å². The van der Waals surface area contributed by atoms with Crippen LogP contribution < -0.4 is 0 Å². The lowest BCUT2D eigenvalue weighted by molar-refractivity contribution is -0.293. The van der Waals surface area contributed by atoms with E-state index in [0.29, 0.717) is 61.2 Å². The first-order chi connectivity index (χ1) is 12.5. The van der Waals surface area contributed by atoms with Crippen molar-refractivity contribution in [2.45, 2.75) is 69.1 Å². The summed E-state index contributed by atoms with van der Waals surface area (Å²) < 4.78 is 85.3. The summed E-state index contributed by atoms with van der Waals surface area (Å²) in [5, 5.41) is 0. The van der Waals surface area contributed by atoms with Crippen LogP contribution in [0.4, 0.5) is 26.3 Å². The van der Waals surface area contributed by atoms with Gasteiger partial charge in [-0.2, -0.15) is 26.3 Å². The molecule has 0 aromatic rings. The van der Waals surface area contributed by atoms with Crippen molar-refractivity contribution in [3.8, 4) is 0 Å². The fourth-order valence-electron chi connectivity index (χ4n) is 3.41. The maximum absolute atomic E-state index is 14.2. The van der Waals surface area contributed by atoms with Crippen molar-refractivity contribution >= 4 is 11.8 Å². The molecule has 27 heavy (non-hydrogen) atoms. The fraction of sp³-hybridized carbons (Fsp3) is 0.882. The van der Waals surface area contributed by atoms with Gasteiger partial charge < -0.3 is 9.80 Å². The van der Waals surface area contributed by atoms with Crippen LogP contribution in [-0.2, 0) is 9.59 Å². The molecule has 0 aliphatic carbocycles. The number of carbonyl (C=O) groups excluding carboxylic acids is 2. The minimum absolute atomic E-state index is 0.198. The molecule has 0 N–H and O–H groups in total. The Hall–Kier alpha value is -1.48. The number of hydrogen-bond acceptors (Lipinski definition) is 2. The highest BCUT2D eigenvalue weighted by Crippen LogP contribution is 2.47. The molecule has 2 heterocycles. The van der Waals surface area contributed by atoms with Gasteiger partial charge in [0.15, 0.2) is 0 Å². The molecule has 0 aromatic carbocycles. The molecular formula is C17H24F6N2O2. The second-order valence-corrected chi connectivity index (χ2v) is 7.14. The summed E-state index contributed by atoms with van der Waals surface area (Å²) >= 11 is 0. The summed E-state index contributed by atoms with van der Waals surface area (Å²) in [6.07, 6.45) is 3.86. The van der Waals surface area contributed by atoms with Crippen LogP contribution >= 0.6 is 0 Å². The Morgan fingerprint density at radius 2 is 0.778 bits per heavy atom. The van der Waals surface area contributed by atoms with Gasteiger partial charge in [0, 0.05) is 26.2 Å². The maximum atomic E-state index is 14.2. The van der Waals surface area contributed by atoms with Gasteiger partial charge >= 0.3 is 17.8 Å². The molecule has 2 aliphatic rings. The molecule has 0 spiro atoms. The average Bonchev–Trinajstić information content (AvgIpc) is 3.05. The number of nitrogens with zero attached hydrogens (tertiary/aromatic N) is 2. The molecule has 0 bridgehead atoms. The maximum Gasteiger partial charge on any atom is 0.393 e. The summed E-state index contributed by atoms with van der Waals surface area (Å²) in [5.74, 6) is -22.2. The highest BCUT2D eigenvalue weighted by Gasteiger charge is 2.78. The lowest BCUT2D eigenvalue weighted by Gasteiger charge is -2.35. The Labute approximate surface area is 153 Å². The number of carbonyl (C=O) groups is 2. The van der Waals surface area contributed by atoms with Crippen molar-refractivity contribution in [3.63, 3.8) is 0 Å². The Morgan fingerprint density at radius 3 is 1.04 bits per heavy atom. The fourth-order valence-corrected chi connectivity index (χ4v) is 3.41. The van der Waals surface area contributed by atoms with Crippen LogP contribution in [0.1, 0.15) is 51.4 Å². The molecule has 2 saturated heterocycles. The number of likely N-dealkylation sites (tertiary alicyclic amines) is 2. The molecule has 0 aromatic heterocycles. The Bertz CT molecular complexity index is 494. The first-order valence-electron chi connectivity index (χ1n) is 9.25. The van der Waals surface area contributed by atoms with Crippen molar-refractivity contribution in [2.75, 3.05) is 26.2 Å². The molecular weight excluding hydrogens is 378 g/mol. The molecule has 2 fully saturated rings. The van der Waals surface area contributed by atoms with Gasteiger partial charge in [0.05, 0.1) is 0 Å². The first-order valence-corrected chi connectivity index (χ1v) is 9.25. The van der Waals surface area contributed by atoms with E-state index in [1.807, 2.05) is 0 Å². The molecule has 4 nitrogen and oxygen atoms in total. The highest BCUT2D eigenvalue weighted by molar-refractivity contribution is 5.90. The van der Waals surface area contributed by atoms with Crippen molar-refractivity contribution in [1.82, 2.24) is 9.80 Å². The molecule has 156 valence electrons. The second kappa shape index (κ2) is 8.26. The number of halogens is 6. The second-order valence-electron chi connectivity index (χ2n) is 7.14. The van der Waals surface area contributed by atoms with E-state index in [0.717, 1.165) is 0 Å². The summed E-state index contributed by atoms with van der Waals surface area (Å²) in [7, 11) is 0. The molecule has 0 unspecified atom stereocenters. The Morgan fingerprint density at radius 1 is 0.519 bits per heavy atom. The zero-order chi connectivity index (χ0) is 20.3. The van der Waals surface area contributed by atoms with Gasteiger partial charge in [0.2, 0.25) is 0 Å². The van der Waals surface area contributed by atoms with E-state index < -0.39 is 29.6 Å². The van der Waals surface area contributed by atoms with Crippen LogP contribution in [0.5, 0.6) is 0 Å². The highest BCUT2D eigenvalue weighted by atomic mass is 19.3. The van der Waals surface area contributed by atoms with Crippen molar-refractivity contribution in [3.05, 3.63) is 0 Å². The molecule has 0 saturated carbocycles. The Balaban J connectivity index is 2.23. The smallest absolute Gasteiger partial charge is 0.337 e. The largest absolute Gasteiger partial charge is 0.393 e. The van der Waals surface area contributed by atoms with Gasteiger partial charge in [-0.3, -0.25) is 9.59 Å². The molecule has 10 heteroatoms. The molecule has 0 atom stereocenters. The third kappa shape index (κ3) is 4.18. The zero-order valence-electron chi connectivity index (χ0n) is 15.0. The Kier molecular flexibility index (Phi) is 6.68. The van der Waals surface area contributed by atoms with E-state index in [9.17, 15) is 35.9 Å². The van der Waals surface area contributed by atoms with Gasteiger partial charge in [0.1, 0.15) is 0 Å². The number of hydrogen-bond donors (Lipinski definition) is 0. The van der Waals surface area contributed by atoms with Crippen molar-refractivity contribution < 1.29 is 35.9 Å². The van der Waals surface area contributed by atoms with E-state index in [2.05, 4.69) is 0 Å². The standard InChI is InChI=1S/C17H24F6N2O2/c18-15(19,13(26)24-9-5-1-2-6-10-24)17(22,23)16(20,21)14(27)25-11-7-3-4-8-12-25/h1-12H2. The SMILES string of the molecule is O=C(N1CCCCCC1)C(F)(F)C(F)(F)C(F)(F)C(=O)N1CCCCCC1. The normalized spacial score (nSPS) is 20.8. The predicted molar refractivity (Wildman–Crippen MR) is 84.9 cm³/mol. The monoisotopic (exact) mass is 402 g/mol. The third-order valence-corrected chi connectivity index (χ3v) is 5.11. The van der Waals surface area contributed by atoms with Crippen molar-refractivity contribution in [2.24, 2.45) is 0 Å². The van der Waals surface area contributed by atoms with E-state index in [4.69, 9.17) is 0 Å². The summed E-state index contributed by atoms with van der Waals surface area (Å²) in [6, 6.07) is 0. The summed E-state index contributed by atoms with van der Waals surface area (Å²) in [4.78, 5) is 24.9. The van der Waals surface area contributed by atoms with Crippen LogP contribution in [0.3, 0.4) is 0 Å². The average molecular weight is 402 g/mol. The number of rotatable bonds is 4. The van der Waals surface area contributed by atoms with Gasteiger partial charge in [-0.25, -0.2) is 0 Å². The van der Waals surface area contributed by atoms with Crippen LogP contribution in [0.2, 0.25) is 0 Å². The molecule has 2 amide bonds. The topological polar surface area (TPSA) is 40.6 Å². The quantitative estimate of drug-likeness (QED) is 0.673. The van der Waals surface area contributed by atoms with Gasteiger partial charge in [-0.05, 0) is 25.7 Å². The molecule has 2 rings (SSSR count). The van der Waals surface area contributed by atoms with E-state index in [1.165, 1.54) is 0 Å². The van der Waals surface area contributed by atoms with Crippen LogP contribution in [-0.4, -0.2) is 65.6 Å². The van der Waals surface area contributed by atoms with Crippen LogP contribution in [0, 0.1) is 0 Å². The van der Waals surface area contributed by atoms with Gasteiger partial charge in [-0.15, -0.1) is 0 Å². The molecule has 0 radical (unpaired) electrons. The summed E-state index contributed by atoms with van der Waals surface area (Å²) in [5.41, 5.74) is 0. The summed E-state index contributed by atoms with van der Waals surface area (Å²) in [6.45, 7) is -0.793. The predicted octanol–water partition coefficient (Wildman–Crippen LogP) is 3.70. The minimum Gasteiger partial charge on any atom is -0.337 e. The van der Waals surface area contributed by atoms with E-state index >= 15 is 0 Å². The lowest BCUT2D eigenvalue weighted by Crippen LogP contribution is -2.66.